The molecule has 17 heavy (non-hydrogen) atoms. The van der Waals surface area contributed by atoms with Gasteiger partial charge in [-0.25, -0.2) is 0 Å². The van der Waals surface area contributed by atoms with E-state index >= 15 is 0 Å². The van der Waals surface area contributed by atoms with E-state index in [4.69, 9.17) is 0 Å². The smallest absolute Gasteiger partial charge is 0.237 e. The summed E-state index contributed by atoms with van der Waals surface area (Å²) in [6.07, 6.45) is 3.93. The summed E-state index contributed by atoms with van der Waals surface area (Å²) in [5, 5.41) is 12.4. The fourth-order valence-electron chi connectivity index (χ4n) is 2.65. The predicted molar refractivity (Wildman–Crippen MR) is 68.8 cm³/mol. The number of likely N-dealkylation sites (tertiary alicyclic amines) is 1. The number of hydrogen-bond donors (Lipinski definition) is 2. The summed E-state index contributed by atoms with van der Waals surface area (Å²) in [6.45, 7) is 7.37. The van der Waals surface area contributed by atoms with Gasteiger partial charge in [0.05, 0.1) is 12.1 Å². The lowest BCUT2D eigenvalue weighted by molar-refractivity contribution is -0.127. The molecule has 0 aromatic rings. The van der Waals surface area contributed by atoms with Crippen LogP contribution in [0.25, 0.3) is 0 Å². The van der Waals surface area contributed by atoms with Crippen molar-refractivity contribution < 1.29 is 9.90 Å². The Balaban J connectivity index is 2.60. The molecule has 0 spiro atoms. The zero-order valence-electron chi connectivity index (χ0n) is 11.3. The Kier molecular flexibility index (Phi) is 5.92. The fourth-order valence-corrected chi connectivity index (χ4v) is 2.65. The molecule has 1 fully saturated rings. The van der Waals surface area contributed by atoms with Gasteiger partial charge in [0.1, 0.15) is 0 Å². The largest absolute Gasteiger partial charge is 0.393 e. The summed E-state index contributed by atoms with van der Waals surface area (Å²) in [7, 11) is 0. The van der Waals surface area contributed by atoms with Crippen LogP contribution in [0.15, 0.2) is 0 Å². The molecule has 2 N–H and O–H groups in total. The van der Waals surface area contributed by atoms with Gasteiger partial charge in [0, 0.05) is 12.6 Å². The molecule has 3 unspecified atom stereocenters. The third-order valence-corrected chi connectivity index (χ3v) is 3.51. The predicted octanol–water partition coefficient (Wildman–Crippen LogP) is 1.14. The Bertz CT molecular complexity index is 244. The van der Waals surface area contributed by atoms with Gasteiger partial charge in [0.15, 0.2) is 0 Å². The minimum atomic E-state index is -0.290. The average Bonchev–Trinajstić information content (AvgIpc) is 2.28. The maximum atomic E-state index is 11.9. The number of carbonyl (C=O) groups excluding carboxylic acids is 1. The number of rotatable bonds is 5. The highest BCUT2D eigenvalue weighted by molar-refractivity contribution is 5.81. The van der Waals surface area contributed by atoms with Gasteiger partial charge in [-0.05, 0) is 46.6 Å². The monoisotopic (exact) mass is 242 g/mol. The van der Waals surface area contributed by atoms with Crippen LogP contribution in [0.3, 0.4) is 0 Å². The fraction of sp³-hybridized carbons (Fsp3) is 0.923. The number of nitrogens with zero attached hydrogens (tertiary/aromatic N) is 1. The maximum Gasteiger partial charge on any atom is 0.237 e. The normalized spacial score (nSPS) is 25.3. The van der Waals surface area contributed by atoms with Crippen molar-refractivity contribution in [2.24, 2.45) is 0 Å². The first-order valence-corrected chi connectivity index (χ1v) is 6.77. The van der Waals surface area contributed by atoms with Crippen molar-refractivity contribution in [2.75, 3.05) is 13.1 Å². The number of hydrogen-bond acceptors (Lipinski definition) is 3. The van der Waals surface area contributed by atoms with E-state index in [1.54, 1.807) is 0 Å². The van der Waals surface area contributed by atoms with Crippen LogP contribution in [0, 0.1) is 0 Å². The van der Waals surface area contributed by atoms with E-state index in [0.29, 0.717) is 12.6 Å². The van der Waals surface area contributed by atoms with Gasteiger partial charge in [0.25, 0.3) is 0 Å². The van der Waals surface area contributed by atoms with E-state index in [0.717, 1.165) is 25.8 Å². The molecule has 4 heteroatoms. The van der Waals surface area contributed by atoms with Gasteiger partial charge in [-0.15, -0.1) is 0 Å². The minimum Gasteiger partial charge on any atom is -0.393 e. The van der Waals surface area contributed by atoms with Crippen LogP contribution in [0.2, 0.25) is 0 Å². The molecule has 0 radical (unpaired) electrons. The van der Waals surface area contributed by atoms with Crippen molar-refractivity contribution in [1.29, 1.82) is 0 Å². The molecule has 4 nitrogen and oxygen atoms in total. The van der Waals surface area contributed by atoms with Crippen LogP contribution >= 0.6 is 0 Å². The summed E-state index contributed by atoms with van der Waals surface area (Å²) in [4.78, 5) is 14.1. The summed E-state index contributed by atoms with van der Waals surface area (Å²) in [5.41, 5.74) is 0. The minimum absolute atomic E-state index is 0.0843. The molecule has 1 rings (SSSR count). The number of carbonyl (C=O) groups is 1. The molecule has 3 atom stereocenters. The topological polar surface area (TPSA) is 52.6 Å². The molecule has 0 aliphatic carbocycles. The van der Waals surface area contributed by atoms with Gasteiger partial charge in [0.2, 0.25) is 5.91 Å². The Morgan fingerprint density at radius 2 is 2.18 bits per heavy atom. The Morgan fingerprint density at radius 3 is 2.76 bits per heavy atom. The van der Waals surface area contributed by atoms with Gasteiger partial charge in [-0.3, -0.25) is 9.69 Å². The molecule has 1 aliphatic heterocycles. The first-order valence-electron chi connectivity index (χ1n) is 6.77. The van der Waals surface area contributed by atoms with Crippen LogP contribution in [-0.4, -0.2) is 47.2 Å². The SMILES string of the molecule is CCNC(=O)C(C)N1CCCCC1CC(C)O. The number of aliphatic hydroxyl groups excluding tert-OH is 1. The zero-order valence-corrected chi connectivity index (χ0v) is 11.3. The molecule has 0 aromatic heterocycles. The molecular weight excluding hydrogens is 216 g/mol. The first kappa shape index (κ1) is 14.5. The highest BCUT2D eigenvalue weighted by Gasteiger charge is 2.30. The van der Waals surface area contributed by atoms with E-state index in [1.165, 1.54) is 6.42 Å². The number of piperidine rings is 1. The van der Waals surface area contributed by atoms with Gasteiger partial charge >= 0.3 is 0 Å². The van der Waals surface area contributed by atoms with Crippen molar-refractivity contribution in [1.82, 2.24) is 10.2 Å². The van der Waals surface area contributed by atoms with Crippen LogP contribution in [0.4, 0.5) is 0 Å². The van der Waals surface area contributed by atoms with Crippen LogP contribution in [-0.2, 0) is 4.79 Å². The third-order valence-electron chi connectivity index (χ3n) is 3.51. The first-order chi connectivity index (χ1) is 8.06. The van der Waals surface area contributed by atoms with Gasteiger partial charge in [-0.2, -0.15) is 0 Å². The van der Waals surface area contributed by atoms with Gasteiger partial charge < -0.3 is 10.4 Å². The molecular formula is C13H26N2O2. The molecule has 1 amide bonds. The third kappa shape index (κ3) is 4.28. The number of likely N-dealkylation sites (N-methyl/N-ethyl adjacent to an activating group) is 1. The Morgan fingerprint density at radius 1 is 1.47 bits per heavy atom. The summed E-state index contributed by atoms with van der Waals surface area (Å²) >= 11 is 0. The van der Waals surface area contributed by atoms with Crippen LogP contribution in [0.5, 0.6) is 0 Å². The highest BCUT2D eigenvalue weighted by atomic mass is 16.3. The highest BCUT2D eigenvalue weighted by Crippen LogP contribution is 2.23. The quantitative estimate of drug-likeness (QED) is 0.760. The Labute approximate surface area is 104 Å². The van der Waals surface area contributed by atoms with Crippen molar-refractivity contribution in [2.45, 2.75) is 64.6 Å². The van der Waals surface area contributed by atoms with Crippen molar-refractivity contribution in [3.05, 3.63) is 0 Å². The maximum absolute atomic E-state index is 11.9. The molecule has 1 aliphatic rings. The Hall–Kier alpha value is -0.610. The summed E-state index contributed by atoms with van der Waals surface area (Å²) < 4.78 is 0. The number of aliphatic hydroxyl groups is 1. The van der Waals surface area contributed by atoms with E-state index in [-0.39, 0.29) is 18.1 Å². The molecule has 100 valence electrons. The van der Waals surface area contributed by atoms with E-state index in [9.17, 15) is 9.90 Å². The van der Waals surface area contributed by atoms with Crippen LogP contribution in [0.1, 0.15) is 46.5 Å². The van der Waals surface area contributed by atoms with Gasteiger partial charge in [-0.1, -0.05) is 6.42 Å². The van der Waals surface area contributed by atoms with Crippen LogP contribution < -0.4 is 5.32 Å². The molecule has 0 bridgehead atoms. The average molecular weight is 242 g/mol. The molecule has 0 saturated carbocycles. The second-order valence-electron chi connectivity index (χ2n) is 5.04. The number of nitrogens with one attached hydrogen (secondary N) is 1. The zero-order chi connectivity index (χ0) is 12.8. The number of amides is 1. The van der Waals surface area contributed by atoms with E-state index < -0.39 is 0 Å². The summed E-state index contributed by atoms with van der Waals surface area (Å²) in [6, 6.07) is 0.264. The molecule has 0 aromatic carbocycles. The van der Waals surface area contributed by atoms with E-state index in [2.05, 4.69) is 10.2 Å². The lowest BCUT2D eigenvalue weighted by atomic mass is 9.95. The molecule has 1 saturated heterocycles. The van der Waals surface area contributed by atoms with Crippen molar-refractivity contribution in [3.8, 4) is 0 Å². The second-order valence-corrected chi connectivity index (χ2v) is 5.04. The van der Waals surface area contributed by atoms with Crippen molar-refractivity contribution >= 4 is 5.91 Å². The van der Waals surface area contributed by atoms with E-state index in [1.807, 2.05) is 20.8 Å². The van der Waals surface area contributed by atoms with Crippen molar-refractivity contribution in [3.63, 3.8) is 0 Å². The lowest BCUT2D eigenvalue weighted by Gasteiger charge is -2.39. The lowest BCUT2D eigenvalue weighted by Crippen LogP contribution is -2.52. The second kappa shape index (κ2) is 6.97. The molecule has 1 heterocycles. The standard InChI is InChI=1S/C13H26N2O2/c1-4-14-13(17)11(3)15-8-6-5-7-12(15)9-10(2)16/h10-12,16H,4-9H2,1-3H3,(H,14,17). The summed E-state index contributed by atoms with van der Waals surface area (Å²) in [5.74, 6) is 0.102.